The molecule has 0 aromatic rings. The van der Waals surface area contributed by atoms with E-state index in [1.54, 1.807) is 0 Å². The highest BCUT2D eigenvalue weighted by atomic mass is 32.2. The number of primary amides is 1. The third-order valence-electron chi connectivity index (χ3n) is 4.70. The van der Waals surface area contributed by atoms with E-state index in [0.29, 0.717) is 18.7 Å². The highest BCUT2D eigenvalue weighted by molar-refractivity contribution is 7.98. The van der Waals surface area contributed by atoms with E-state index in [9.17, 15) is 29.1 Å². The number of carbonyl (C=O) groups is 5. The first-order valence-corrected chi connectivity index (χ1v) is 11.3. The van der Waals surface area contributed by atoms with Gasteiger partial charge in [0.05, 0.1) is 18.6 Å². The summed E-state index contributed by atoms with van der Waals surface area (Å²) in [5, 5.41) is 28.8. The average molecular weight is 462 g/mol. The van der Waals surface area contributed by atoms with Crippen LogP contribution in [0.15, 0.2) is 0 Å². The molecule has 5 unspecified atom stereocenters. The standard InChI is InChI=1S/C18H31N5O7S/c1-9(24)14(18(29)30)23-17(28)12(8-13(19)25)22-16(27)11(5-7-31-2)21-15(26)10-4-3-6-20-10/h9-12,14,20,24H,3-8H2,1-2H3,(H2,19,25)(H,21,26)(H,22,27)(H,23,28)(H,29,30). The molecule has 0 radical (unpaired) electrons. The molecular formula is C18H31N5O7S. The average Bonchev–Trinajstić information content (AvgIpc) is 3.22. The zero-order valence-electron chi connectivity index (χ0n) is 17.6. The maximum atomic E-state index is 12.8. The maximum Gasteiger partial charge on any atom is 0.328 e. The molecule has 1 aliphatic heterocycles. The second-order valence-electron chi connectivity index (χ2n) is 7.29. The van der Waals surface area contributed by atoms with Gasteiger partial charge >= 0.3 is 5.97 Å². The Morgan fingerprint density at radius 3 is 2.26 bits per heavy atom. The van der Waals surface area contributed by atoms with Gasteiger partial charge in [-0.1, -0.05) is 0 Å². The molecule has 1 saturated heterocycles. The monoisotopic (exact) mass is 461 g/mol. The predicted molar refractivity (Wildman–Crippen MR) is 113 cm³/mol. The summed E-state index contributed by atoms with van der Waals surface area (Å²) < 4.78 is 0. The van der Waals surface area contributed by atoms with Crippen LogP contribution in [-0.2, 0) is 24.0 Å². The number of nitrogens with one attached hydrogen (secondary N) is 4. The van der Waals surface area contributed by atoms with Crippen LogP contribution < -0.4 is 27.0 Å². The molecule has 0 spiro atoms. The van der Waals surface area contributed by atoms with E-state index in [0.717, 1.165) is 6.42 Å². The first kappa shape index (κ1) is 26.7. The fourth-order valence-corrected chi connectivity index (χ4v) is 3.48. The lowest BCUT2D eigenvalue weighted by atomic mass is 10.1. The third kappa shape index (κ3) is 9.11. The van der Waals surface area contributed by atoms with Crippen molar-refractivity contribution in [1.82, 2.24) is 21.3 Å². The topological polar surface area (TPSA) is 200 Å². The number of hydrogen-bond donors (Lipinski definition) is 7. The van der Waals surface area contributed by atoms with Gasteiger partial charge in [0, 0.05) is 0 Å². The van der Waals surface area contributed by atoms with Gasteiger partial charge < -0.3 is 37.2 Å². The van der Waals surface area contributed by atoms with Gasteiger partial charge in [-0.05, 0) is 44.7 Å². The summed E-state index contributed by atoms with van der Waals surface area (Å²) >= 11 is 1.46. The van der Waals surface area contributed by atoms with E-state index in [-0.39, 0.29) is 12.3 Å². The molecule has 1 heterocycles. The van der Waals surface area contributed by atoms with Gasteiger partial charge in [-0.25, -0.2) is 4.79 Å². The van der Waals surface area contributed by atoms with Gasteiger partial charge in [-0.3, -0.25) is 19.2 Å². The summed E-state index contributed by atoms with van der Waals surface area (Å²) in [7, 11) is 0. The van der Waals surface area contributed by atoms with Gasteiger partial charge in [-0.2, -0.15) is 11.8 Å². The molecule has 12 nitrogen and oxygen atoms in total. The second kappa shape index (κ2) is 13.1. The van der Waals surface area contributed by atoms with Crippen LogP contribution in [0.3, 0.4) is 0 Å². The smallest absolute Gasteiger partial charge is 0.328 e. The van der Waals surface area contributed by atoms with Gasteiger partial charge in [0.25, 0.3) is 0 Å². The quantitative estimate of drug-likeness (QED) is 0.152. The number of aliphatic carboxylic acids is 1. The highest BCUT2D eigenvalue weighted by Crippen LogP contribution is 2.08. The van der Waals surface area contributed by atoms with Crippen LogP contribution in [0.25, 0.3) is 0 Å². The molecule has 13 heteroatoms. The van der Waals surface area contributed by atoms with E-state index in [1.165, 1.54) is 18.7 Å². The van der Waals surface area contributed by atoms with Crippen molar-refractivity contribution in [2.45, 2.75) is 62.9 Å². The van der Waals surface area contributed by atoms with Gasteiger partial charge in [0.1, 0.15) is 12.1 Å². The molecule has 1 aliphatic rings. The summed E-state index contributed by atoms with van der Waals surface area (Å²) in [6.45, 7) is 1.88. The molecule has 0 aromatic heterocycles. The summed E-state index contributed by atoms with van der Waals surface area (Å²) in [4.78, 5) is 60.3. The van der Waals surface area contributed by atoms with Crippen LogP contribution in [0.5, 0.6) is 0 Å². The second-order valence-corrected chi connectivity index (χ2v) is 8.27. The Morgan fingerprint density at radius 1 is 1.13 bits per heavy atom. The number of thioether (sulfide) groups is 1. The fraction of sp³-hybridized carbons (Fsp3) is 0.722. The fourth-order valence-electron chi connectivity index (χ4n) is 3.01. The SMILES string of the molecule is CSCCC(NC(=O)C1CCCN1)C(=O)NC(CC(N)=O)C(=O)NC(C(=O)O)C(C)O. The van der Waals surface area contributed by atoms with Crippen molar-refractivity contribution in [2.24, 2.45) is 5.73 Å². The number of aliphatic hydroxyl groups is 1. The molecule has 0 bridgehead atoms. The molecule has 31 heavy (non-hydrogen) atoms. The van der Waals surface area contributed by atoms with E-state index in [4.69, 9.17) is 10.8 Å². The van der Waals surface area contributed by atoms with E-state index in [1.807, 2.05) is 6.26 Å². The summed E-state index contributed by atoms with van der Waals surface area (Å²) in [6.07, 6.45) is 1.60. The predicted octanol–water partition coefficient (Wildman–Crippen LogP) is -2.71. The molecule has 1 fully saturated rings. The number of nitrogens with two attached hydrogens (primary N) is 1. The number of carboxylic acid groups (broad SMARTS) is 1. The minimum Gasteiger partial charge on any atom is -0.480 e. The number of amides is 4. The Morgan fingerprint density at radius 2 is 1.77 bits per heavy atom. The lowest BCUT2D eigenvalue weighted by Crippen LogP contribution is -2.59. The highest BCUT2D eigenvalue weighted by Gasteiger charge is 2.33. The van der Waals surface area contributed by atoms with E-state index >= 15 is 0 Å². The minimum atomic E-state index is -1.64. The van der Waals surface area contributed by atoms with Gasteiger partial charge in [0.15, 0.2) is 6.04 Å². The molecule has 4 amide bonds. The van der Waals surface area contributed by atoms with Crippen LogP contribution in [0, 0.1) is 0 Å². The van der Waals surface area contributed by atoms with E-state index in [2.05, 4.69) is 21.3 Å². The van der Waals surface area contributed by atoms with Crippen LogP contribution in [0.4, 0.5) is 0 Å². The van der Waals surface area contributed by atoms with Crippen molar-refractivity contribution in [3.05, 3.63) is 0 Å². The lowest BCUT2D eigenvalue weighted by Gasteiger charge is -2.25. The van der Waals surface area contributed by atoms with Crippen molar-refractivity contribution in [3.8, 4) is 0 Å². The number of hydrogen-bond acceptors (Lipinski definition) is 8. The molecule has 8 N–H and O–H groups in total. The third-order valence-corrected chi connectivity index (χ3v) is 5.35. The zero-order chi connectivity index (χ0) is 23.6. The molecule has 0 aliphatic carbocycles. The Balaban J connectivity index is 2.90. The summed E-state index contributed by atoms with van der Waals surface area (Å²) in [5.74, 6) is -3.87. The first-order valence-electron chi connectivity index (χ1n) is 9.89. The van der Waals surface area contributed by atoms with Crippen LogP contribution in [0.2, 0.25) is 0 Å². The lowest BCUT2D eigenvalue weighted by molar-refractivity contribution is -0.145. The largest absolute Gasteiger partial charge is 0.480 e. The van der Waals surface area contributed by atoms with Crippen molar-refractivity contribution in [3.63, 3.8) is 0 Å². The molecule has 0 aromatic carbocycles. The maximum absolute atomic E-state index is 12.8. The van der Waals surface area contributed by atoms with E-state index < -0.39 is 60.4 Å². The Kier molecular flexibility index (Phi) is 11.3. The minimum absolute atomic E-state index is 0.280. The summed E-state index contributed by atoms with van der Waals surface area (Å²) in [5.41, 5.74) is 5.16. The number of rotatable bonds is 13. The Labute approximate surface area is 184 Å². The van der Waals surface area contributed by atoms with Crippen molar-refractivity contribution >= 4 is 41.4 Å². The van der Waals surface area contributed by atoms with Crippen molar-refractivity contribution in [2.75, 3.05) is 18.6 Å². The number of carbonyl (C=O) groups excluding carboxylic acids is 4. The zero-order valence-corrected chi connectivity index (χ0v) is 18.4. The number of carboxylic acids is 1. The summed E-state index contributed by atoms with van der Waals surface area (Å²) in [6, 6.07) is -4.47. The normalized spacial score (nSPS) is 19.5. The number of aliphatic hydroxyl groups excluding tert-OH is 1. The Hall–Kier alpha value is -2.38. The van der Waals surface area contributed by atoms with Crippen LogP contribution in [-0.4, -0.2) is 88.6 Å². The van der Waals surface area contributed by atoms with Crippen molar-refractivity contribution in [1.29, 1.82) is 0 Å². The first-order chi connectivity index (χ1) is 14.6. The molecule has 176 valence electrons. The molecule has 1 rings (SSSR count). The van der Waals surface area contributed by atoms with Crippen LogP contribution >= 0.6 is 11.8 Å². The molecular weight excluding hydrogens is 430 g/mol. The molecule has 0 saturated carbocycles. The van der Waals surface area contributed by atoms with Gasteiger partial charge in [-0.15, -0.1) is 0 Å². The van der Waals surface area contributed by atoms with Crippen LogP contribution in [0.1, 0.15) is 32.6 Å². The van der Waals surface area contributed by atoms with Gasteiger partial charge in [0.2, 0.25) is 23.6 Å². The Bertz CT molecular complexity index is 670. The van der Waals surface area contributed by atoms with Crippen molar-refractivity contribution < 1.29 is 34.2 Å². The molecule has 5 atom stereocenters.